The van der Waals surface area contributed by atoms with E-state index in [1.54, 1.807) is 19.4 Å². The Bertz CT molecular complexity index is 1390. The Morgan fingerprint density at radius 3 is 2.74 bits per heavy atom. The molecule has 10 nitrogen and oxygen atoms in total. The third-order valence-electron chi connectivity index (χ3n) is 5.64. The van der Waals surface area contributed by atoms with Crippen LogP contribution in [0.25, 0.3) is 11.0 Å². The van der Waals surface area contributed by atoms with E-state index in [0.717, 1.165) is 30.4 Å². The minimum absolute atomic E-state index is 0.258. The fraction of sp³-hybridized carbons (Fsp3) is 0.280. The number of nitrogens with zero attached hydrogens (tertiary/aromatic N) is 5. The average Bonchev–Trinajstić information content (AvgIpc) is 3.32. The maximum absolute atomic E-state index is 9.97. The van der Waals surface area contributed by atoms with Crippen LogP contribution in [-0.2, 0) is 11.3 Å². The lowest BCUT2D eigenvalue weighted by atomic mass is 10.1. The van der Waals surface area contributed by atoms with E-state index in [4.69, 9.17) is 23.7 Å². The minimum Gasteiger partial charge on any atom is -0.493 e. The zero-order valence-corrected chi connectivity index (χ0v) is 19.4. The topological polar surface area (TPSA) is 119 Å². The monoisotopic (exact) mass is 472 g/mol. The Balaban J connectivity index is 1.40. The maximum Gasteiger partial charge on any atom is 0.162 e. The molecular formula is C25H24N6O4. The van der Waals surface area contributed by atoms with Gasteiger partial charge in [0.1, 0.15) is 41.0 Å². The summed E-state index contributed by atoms with van der Waals surface area (Å²) in [5.41, 5.74) is 3.69. The predicted octanol–water partition coefficient (Wildman–Crippen LogP) is 3.97. The fourth-order valence-corrected chi connectivity index (χ4v) is 3.89. The molecule has 178 valence electrons. The number of hydrogen-bond donors (Lipinski definition) is 1. The number of benzene rings is 2. The van der Waals surface area contributed by atoms with Crippen molar-refractivity contribution in [3.8, 4) is 17.6 Å². The summed E-state index contributed by atoms with van der Waals surface area (Å²) < 4.78 is 21.9. The standard InChI is InChI=1S/C25H24N6O4/c1-16-11-18(30-35-16)15-34-22-6-3-17(12-23(22)32-2)28-20-4-5-21-25(19(20)13-26)29-24(14-27-21)31-7-9-33-10-8-31/h3-6,11-12,14,28H,7-10,15H2,1-2H3. The zero-order chi connectivity index (χ0) is 24.2. The van der Waals surface area contributed by atoms with Gasteiger partial charge in [-0.25, -0.2) is 4.98 Å². The number of ether oxygens (including phenoxy) is 3. The predicted molar refractivity (Wildman–Crippen MR) is 129 cm³/mol. The van der Waals surface area contributed by atoms with Gasteiger partial charge >= 0.3 is 0 Å². The Labute approximate surface area is 202 Å². The highest BCUT2D eigenvalue weighted by Gasteiger charge is 2.17. The third kappa shape index (κ3) is 4.81. The lowest BCUT2D eigenvalue weighted by molar-refractivity contribution is 0.122. The first kappa shape index (κ1) is 22.4. The highest BCUT2D eigenvalue weighted by molar-refractivity contribution is 5.89. The third-order valence-corrected chi connectivity index (χ3v) is 5.64. The first-order chi connectivity index (χ1) is 17.1. The minimum atomic E-state index is 0.258. The van der Waals surface area contributed by atoms with Crippen LogP contribution in [0.5, 0.6) is 11.5 Å². The number of methoxy groups -OCH3 is 1. The van der Waals surface area contributed by atoms with Crippen molar-refractivity contribution in [1.82, 2.24) is 15.1 Å². The summed E-state index contributed by atoms with van der Waals surface area (Å²) in [5, 5.41) is 17.2. The normalized spacial score (nSPS) is 13.5. The van der Waals surface area contributed by atoms with Gasteiger partial charge in [0, 0.05) is 30.9 Å². The van der Waals surface area contributed by atoms with E-state index < -0.39 is 0 Å². The first-order valence-electron chi connectivity index (χ1n) is 11.2. The molecule has 35 heavy (non-hydrogen) atoms. The zero-order valence-electron chi connectivity index (χ0n) is 19.4. The number of morpholine rings is 1. The molecule has 4 aromatic rings. The Hall–Kier alpha value is -4.36. The number of rotatable bonds is 7. The van der Waals surface area contributed by atoms with Gasteiger partial charge in [0.05, 0.1) is 37.7 Å². The molecule has 0 saturated carbocycles. The summed E-state index contributed by atoms with van der Waals surface area (Å²) in [7, 11) is 1.58. The second-order valence-corrected chi connectivity index (χ2v) is 8.00. The summed E-state index contributed by atoms with van der Waals surface area (Å²) in [6.07, 6.45) is 1.74. The summed E-state index contributed by atoms with van der Waals surface area (Å²) in [6, 6.07) is 13.3. The number of nitrogens with one attached hydrogen (secondary N) is 1. The van der Waals surface area contributed by atoms with Crippen LogP contribution in [-0.4, -0.2) is 48.5 Å². The molecular weight excluding hydrogens is 448 g/mol. The molecule has 2 aromatic carbocycles. The molecule has 1 fully saturated rings. The Morgan fingerprint density at radius 2 is 2.00 bits per heavy atom. The summed E-state index contributed by atoms with van der Waals surface area (Å²) in [6.45, 7) is 4.86. The van der Waals surface area contributed by atoms with Gasteiger partial charge < -0.3 is 29.0 Å². The largest absolute Gasteiger partial charge is 0.493 e. The second-order valence-electron chi connectivity index (χ2n) is 8.00. The smallest absolute Gasteiger partial charge is 0.162 e. The molecule has 3 heterocycles. The van der Waals surface area contributed by atoms with Crippen LogP contribution in [0.15, 0.2) is 47.1 Å². The Morgan fingerprint density at radius 1 is 1.14 bits per heavy atom. The van der Waals surface area contributed by atoms with Gasteiger partial charge in [-0.05, 0) is 31.2 Å². The van der Waals surface area contributed by atoms with Crippen molar-refractivity contribution < 1.29 is 18.7 Å². The van der Waals surface area contributed by atoms with Crippen molar-refractivity contribution in [1.29, 1.82) is 5.26 Å². The van der Waals surface area contributed by atoms with Crippen molar-refractivity contribution in [3.05, 3.63) is 59.6 Å². The van der Waals surface area contributed by atoms with E-state index in [9.17, 15) is 5.26 Å². The number of hydrogen-bond acceptors (Lipinski definition) is 10. The van der Waals surface area contributed by atoms with Crippen LogP contribution in [0.1, 0.15) is 17.0 Å². The molecule has 0 spiro atoms. The number of aryl methyl sites for hydroxylation is 1. The number of nitriles is 1. The summed E-state index contributed by atoms with van der Waals surface area (Å²) in [4.78, 5) is 11.4. The van der Waals surface area contributed by atoms with E-state index in [1.165, 1.54) is 0 Å². The number of anilines is 3. The highest BCUT2D eigenvalue weighted by atomic mass is 16.5. The first-order valence-corrected chi connectivity index (χ1v) is 11.2. The number of fused-ring (bicyclic) bond motifs is 1. The van der Waals surface area contributed by atoms with Crippen LogP contribution in [0.2, 0.25) is 0 Å². The van der Waals surface area contributed by atoms with Crippen molar-refractivity contribution in [3.63, 3.8) is 0 Å². The molecule has 0 unspecified atom stereocenters. The fourth-order valence-electron chi connectivity index (χ4n) is 3.89. The van der Waals surface area contributed by atoms with E-state index in [-0.39, 0.29) is 6.61 Å². The maximum atomic E-state index is 9.97. The van der Waals surface area contributed by atoms with Gasteiger partial charge in [-0.1, -0.05) is 5.16 Å². The SMILES string of the molecule is COc1cc(Nc2ccc3ncc(N4CCOCC4)nc3c2C#N)ccc1OCc1cc(C)on1. The molecule has 5 rings (SSSR count). The molecule has 1 aliphatic rings. The molecule has 1 aliphatic heterocycles. The van der Waals surface area contributed by atoms with Crippen LogP contribution in [0.3, 0.4) is 0 Å². The van der Waals surface area contributed by atoms with E-state index >= 15 is 0 Å². The van der Waals surface area contributed by atoms with Crippen molar-refractivity contribution in [2.24, 2.45) is 0 Å². The highest BCUT2D eigenvalue weighted by Crippen LogP contribution is 2.34. The van der Waals surface area contributed by atoms with Gasteiger partial charge in [0.2, 0.25) is 0 Å². The molecule has 10 heteroatoms. The van der Waals surface area contributed by atoms with Crippen molar-refractivity contribution in [2.45, 2.75) is 13.5 Å². The lowest BCUT2D eigenvalue weighted by Gasteiger charge is -2.27. The Kier molecular flexibility index (Phi) is 6.32. The molecule has 0 amide bonds. The number of aromatic nitrogens is 3. The summed E-state index contributed by atoms with van der Waals surface area (Å²) in [5.74, 6) is 2.57. The van der Waals surface area contributed by atoms with Crippen molar-refractivity contribution >= 4 is 28.2 Å². The van der Waals surface area contributed by atoms with E-state index in [1.807, 2.05) is 37.3 Å². The van der Waals surface area contributed by atoms with Gasteiger partial charge in [-0.2, -0.15) is 5.26 Å². The lowest BCUT2D eigenvalue weighted by Crippen LogP contribution is -2.36. The van der Waals surface area contributed by atoms with Crippen LogP contribution < -0.4 is 19.7 Å². The van der Waals surface area contributed by atoms with Crippen LogP contribution in [0, 0.1) is 18.3 Å². The van der Waals surface area contributed by atoms with E-state index in [2.05, 4.69) is 26.4 Å². The average molecular weight is 473 g/mol. The quantitative estimate of drug-likeness (QED) is 0.423. The molecule has 0 bridgehead atoms. The molecule has 0 radical (unpaired) electrons. The van der Waals surface area contributed by atoms with Gasteiger partial charge in [0.25, 0.3) is 0 Å². The second kappa shape index (κ2) is 9.87. The molecule has 0 atom stereocenters. The van der Waals surface area contributed by atoms with Gasteiger partial charge in [-0.3, -0.25) is 4.98 Å². The molecule has 0 aliphatic carbocycles. The van der Waals surface area contributed by atoms with Crippen LogP contribution in [0.4, 0.5) is 17.2 Å². The molecule has 2 aromatic heterocycles. The van der Waals surface area contributed by atoms with Crippen LogP contribution >= 0.6 is 0 Å². The van der Waals surface area contributed by atoms with Gasteiger partial charge in [-0.15, -0.1) is 0 Å². The molecule has 1 N–H and O–H groups in total. The van der Waals surface area contributed by atoms with Gasteiger partial charge in [0.15, 0.2) is 11.5 Å². The summed E-state index contributed by atoms with van der Waals surface area (Å²) >= 11 is 0. The van der Waals surface area contributed by atoms with Crippen molar-refractivity contribution in [2.75, 3.05) is 43.6 Å². The van der Waals surface area contributed by atoms with E-state index in [0.29, 0.717) is 52.7 Å². The molecule has 1 saturated heterocycles.